The summed E-state index contributed by atoms with van der Waals surface area (Å²) in [6.45, 7) is 8.18. The Balaban J connectivity index is 1.52. The Morgan fingerprint density at radius 1 is 1.22 bits per heavy atom. The van der Waals surface area contributed by atoms with Crippen LogP contribution in [0.1, 0.15) is 51.9 Å². The number of carbonyl (C=O) groups excluding carboxylic acids is 1. The molecule has 1 amide bonds. The minimum Gasteiger partial charge on any atom is -0.343 e. The summed E-state index contributed by atoms with van der Waals surface area (Å²) in [4.78, 5) is 16.1. The van der Waals surface area contributed by atoms with E-state index in [2.05, 4.69) is 16.7 Å². The molecule has 2 rings (SSSR count). The Morgan fingerprint density at radius 2 is 2.11 bits per heavy atom. The standard InChI is InChI=1S/C15H28N2O/c1-2-9-16-12-8-14(13-16)6-3-4-10-17-11-5-7-15(17)18/h14H,2-13H2,1H3. The van der Waals surface area contributed by atoms with Gasteiger partial charge in [-0.2, -0.15) is 0 Å². The van der Waals surface area contributed by atoms with Crippen LogP contribution in [-0.4, -0.2) is 48.4 Å². The molecule has 2 aliphatic heterocycles. The zero-order valence-corrected chi connectivity index (χ0v) is 11.9. The molecule has 2 saturated heterocycles. The third-order valence-corrected chi connectivity index (χ3v) is 4.37. The number of amides is 1. The van der Waals surface area contributed by atoms with E-state index in [-0.39, 0.29) is 0 Å². The molecule has 1 unspecified atom stereocenters. The van der Waals surface area contributed by atoms with Crippen molar-refractivity contribution in [3.05, 3.63) is 0 Å². The lowest BCUT2D eigenvalue weighted by Gasteiger charge is -2.16. The Hall–Kier alpha value is -0.570. The molecule has 0 saturated carbocycles. The van der Waals surface area contributed by atoms with Crippen molar-refractivity contribution in [3.8, 4) is 0 Å². The van der Waals surface area contributed by atoms with Gasteiger partial charge in [-0.05, 0) is 51.1 Å². The van der Waals surface area contributed by atoms with Gasteiger partial charge >= 0.3 is 0 Å². The number of hydrogen-bond donors (Lipinski definition) is 0. The van der Waals surface area contributed by atoms with Gasteiger partial charge in [0.15, 0.2) is 0 Å². The van der Waals surface area contributed by atoms with E-state index in [0.717, 1.165) is 31.8 Å². The van der Waals surface area contributed by atoms with Crippen LogP contribution < -0.4 is 0 Å². The molecule has 0 aromatic carbocycles. The van der Waals surface area contributed by atoms with Gasteiger partial charge in [0.05, 0.1) is 0 Å². The van der Waals surface area contributed by atoms with Gasteiger partial charge in [-0.1, -0.05) is 13.3 Å². The van der Waals surface area contributed by atoms with Crippen molar-refractivity contribution in [2.45, 2.75) is 51.9 Å². The molecular weight excluding hydrogens is 224 g/mol. The molecule has 0 N–H and O–H groups in total. The molecule has 2 fully saturated rings. The number of nitrogens with zero attached hydrogens (tertiary/aromatic N) is 2. The Morgan fingerprint density at radius 3 is 2.83 bits per heavy atom. The maximum atomic E-state index is 11.5. The number of likely N-dealkylation sites (tertiary alicyclic amines) is 2. The van der Waals surface area contributed by atoms with Crippen LogP contribution in [0.15, 0.2) is 0 Å². The number of hydrogen-bond acceptors (Lipinski definition) is 2. The van der Waals surface area contributed by atoms with Crippen LogP contribution in [0.5, 0.6) is 0 Å². The first-order chi connectivity index (χ1) is 8.79. The molecule has 0 radical (unpaired) electrons. The molecule has 3 nitrogen and oxygen atoms in total. The van der Waals surface area contributed by atoms with Crippen LogP contribution in [-0.2, 0) is 4.79 Å². The Labute approximate surface area is 112 Å². The average Bonchev–Trinajstić information content (AvgIpc) is 2.95. The molecular formula is C15H28N2O. The van der Waals surface area contributed by atoms with Crippen molar-refractivity contribution in [2.75, 3.05) is 32.7 Å². The summed E-state index contributed by atoms with van der Waals surface area (Å²) >= 11 is 0. The second-order valence-corrected chi connectivity index (χ2v) is 5.94. The molecule has 104 valence electrons. The van der Waals surface area contributed by atoms with Gasteiger partial charge in [0.25, 0.3) is 0 Å². The lowest BCUT2D eigenvalue weighted by atomic mass is 10.0. The van der Waals surface area contributed by atoms with E-state index in [9.17, 15) is 4.79 Å². The molecule has 3 heteroatoms. The summed E-state index contributed by atoms with van der Waals surface area (Å²) in [5.41, 5.74) is 0. The summed E-state index contributed by atoms with van der Waals surface area (Å²) in [5.74, 6) is 1.30. The van der Waals surface area contributed by atoms with Crippen molar-refractivity contribution in [1.29, 1.82) is 0 Å². The predicted molar refractivity (Wildman–Crippen MR) is 74.5 cm³/mol. The lowest BCUT2D eigenvalue weighted by molar-refractivity contribution is -0.127. The summed E-state index contributed by atoms with van der Waals surface area (Å²) < 4.78 is 0. The normalized spacial score (nSPS) is 25.3. The fraction of sp³-hybridized carbons (Fsp3) is 0.933. The third-order valence-electron chi connectivity index (χ3n) is 4.37. The van der Waals surface area contributed by atoms with E-state index in [1.165, 1.54) is 51.7 Å². The Bertz CT molecular complexity index is 267. The van der Waals surface area contributed by atoms with E-state index in [4.69, 9.17) is 0 Å². The van der Waals surface area contributed by atoms with E-state index >= 15 is 0 Å². The van der Waals surface area contributed by atoms with Gasteiger partial charge < -0.3 is 9.80 Å². The van der Waals surface area contributed by atoms with Gasteiger partial charge in [-0.25, -0.2) is 0 Å². The van der Waals surface area contributed by atoms with Crippen molar-refractivity contribution in [1.82, 2.24) is 9.80 Å². The van der Waals surface area contributed by atoms with Gasteiger partial charge in [-0.15, -0.1) is 0 Å². The molecule has 0 aromatic rings. The highest BCUT2D eigenvalue weighted by molar-refractivity contribution is 5.77. The van der Waals surface area contributed by atoms with Crippen LogP contribution >= 0.6 is 0 Å². The van der Waals surface area contributed by atoms with Gasteiger partial charge in [-0.3, -0.25) is 4.79 Å². The van der Waals surface area contributed by atoms with E-state index in [1.807, 2.05) is 0 Å². The molecule has 0 spiro atoms. The van der Waals surface area contributed by atoms with Gasteiger partial charge in [0.2, 0.25) is 5.91 Å². The van der Waals surface area contributed by atoms with Crippen molar-refractivity contribution >= 4 is 5.91 Å². The topological polar surface area (TPSA) is 23.6 Å². The van der Waals surface area contributed by atoms with Crippen molar-refractivity contribution in [2.24, 2.45) is 5.92 Å². The van der Waals surface area contributed by atoms with Crippen molar-refractivity contribution < 1.29 is 4.79 Å². The van der Waals surface area contributed by atoms with Crippen LogP contribution in [0.4, 0.5) is 0 Å². The summed E-state index contributed by atoms with van der Waals surface area (Å²) in [6.07, 6.45) is 8.40. The second kappa shape index (κ2) is 7.13. The number of unbranched alkanes of at least 4 members (excludes halogenated alkanes) is 1. The third kappa shape index (κ3) is 3.98. The monoisotopic (exact) mass is 252 g/mol. The minimum atomic E-state index is 0.380. The van der Waals surface area contributed by atoms with Crippen LogP contribution in [0.25, 0.3) is 0 Å². The molecule has 0 aromatic heterocycles. The molecule has 0 aliphatic carbocycles. The largest absolute Gasteiger partial charge is 0.343 e. The molecule has 2 heterocycles. The van der Waals surface area contributed by atoms with Crippen LogP contribution in [0, 0.1) is 5.92 Å². The number of rotatable bonds is 7. The molecule has 2 aliphatic rings. The highest BCUT2D eigenvalue weighted by Crippen LogP contribution is 2.22. The van der Waals surface area contributed by atoms with E-state index < -0.39 is 0 Å². The van der Waals surface area contributed by atoms with Gasteiger partial charge in [0.1, 0.15) is 0 Å². The highest BCUT2D eigenvalue weighted by Gasteiger charge is 2.22. The average molecular weight is 252 g/mol. The number of carbonyl (C=O) groups is 1. The smallest absolute Gasteiger partial charge is 0.222 e. The first kappa shape index (κ1) is 13.9. The zero-order chi connectivity index (χ0) is 12.8. The zero-order valence-electron chi connectivity index (χ0n) is 11.9. The SMILES string of the molecule is CCCN1CCC(CCCCN2CCCC2=O)C1. The molecule has 18 heavy (non-hydrogen) atoms. The fourth-order valence-corrected chi connectivity index (χ4v) is 3.34. The molecule has 0 bridgehead atoms. The first-order valence-electron chi connectivity index (χ1n) is 7.79. The summed E-state index contributed by atoms with van der Waals surface area (Å²) in [5, 5.41) is 0. The Kier molecular flexibility index (Phi) is 5.48. The maximum absolute atomic E-state index is 11.5. The lowest BCUT2D eigenvalue weighted by Crippen LogP contribution is -2.25. The first-order valence-corrected chi connectivity index (χ1v) is 7.79. The van der Waals surface area contributed by atoms with Crippen LogP contribution in [0.3, 0.4) is 0 Å². The second-order valence-electron chi connectivity index (χ2n) is 5.94. The van der Waals surface area contributed by atoms with Crippen molar-refractivity contribution in [3.63, 3.8) is 0 Å². The van der Waals surface area contributed by atoms with Gasteiger partial charge in [0, 0.05) is 26.1 Å². The van der Waals surface area contributed by atoms with E-state index in [1.54, 1.807) is 0 Å². The summed E-state index contributed by atoms with van der Waals surface area (Å²) in [6, 6.07) is 0. The van der Waals surface area contributed by atoms with Crippen LogP contribution in [0.2, 0.25) is 0 Å². The fourth-order valence-electron chi connectivity index (χ4n) is 3.34. The quantitative estimate of drug-likeness (QED) is 0.650. The molecule has 1 atom stereocenters. The highest BCUT2D eigenvalue weighted by atomic mass is 16.2. The predicted octanol–water partition coefficient (Wildman–Crippen LogP) is 2.51. The summed E-state index contributed by atoms with van der Waals surface area (Å²) in [7, 11) is 0. The van der Waals surface area contributed by atoms with E-state index in [0.29, 0.717) is 5.91 Å². The maximum Gasteiger partial charge on any atom is 0.222 e. The minimum absolute atomic E-state index is 0.380.